The maximum absolute atomic E-state index is 10.2. The van der Waals surface area contributed by atoms with Gasteiger partial charge in [-0.25, -0.2) is 0 Å². The van der Waals surface area contributed by atoms with Crippen molar-refractivity contribution in [3.05, 3.63) is 0 Å². The van der Waals surface area contributed by atoms with Gasteiger partial charge in [-0.2, -0.15) is 5.26 Å². The minimum absolute atomic E-state index is 0.0129. The average Bonchev–Trinajstić information content (AvgIpc) is 2.24. The number of aliphatic imine (C=N–C) groups is 1. The number of aliphatic carboxylic acids is 1. The summed E-state index contributed by atoms with van der Waals surface area (Å²) in [7, 11) is 0. The molecule has 0 radical (unpaired) electrons. The molecule has 0 fully saturated rings. The van der Waals surface area contributed by atoms with Crippen LogP contribution in [0.2, 0.25) is 0 Å². The standard InChI is InChI=1S/C6H14N4O2.C3H5N/c7-4(5(11)12)2-1-3-10-6(8)9;1-2-3-4/h4H,1-3,7H2,(H,11,12)(H4,8,9,10);2H2,1H3/t4-;/m0./s1. The fraction of sp³-hybridized carbons (Fsp3) is 0.667. The first kappa shape index (κ1) is 16.6. The second-order valence-electron chi connectivity index (χ2n) is 2.91. The van der Waals surface area contributed by atoms with E-state index in [0.29, 0.717) is 25.8 Å². The monoisotopic (exact) mass is 229 g/mol. The van der Waals surface area contributed by atoms with Crippen molar-refractivity contribution in [2.24, 2.45) is 22.2 Å². The van der Waals surface area contributed by atoms with Crippen molar-refractivity contribution in [1.82, 2.24) is 0 Å². The molecule has 16 heavy (non-hydrogen) atoms. The molecule has 7 N–H and O–H groups in total. The first-order valence-corrected chi connectivity index (χ1v) is 4.86. The van der Waals surface area contributed by atoms with Gasteiger partial charge in [-0.15, -0.1) is 0 Å². The van der Waals surface area contributed by atoms with Crippen LogP contribution in [-0.2, 0) is 4.79 Å². The number of hydrogen-bond acceptors (Lipinski definition) is 4. The number of carboxylic acids is 1. The van der Waals surface area contributed by atoms with Crippen molar-refractivity contribution in [3.63, 3.8) is 0 Å². The van der Waals surface area contributed by atoms with Crippen LogP contribution in [0, 0.1) is 11.3 Å². The van der Waals surface area contributed by atoms with Crippen LogP contribution in [0.3, 0.4) is 0 Å². The molecule has 1 atom stereocenters. The lowest BCUT2D eigenvalue weighted by Crippen LogP contribution is -2.30. The van der Waals surface area contributed by atoms with Gasteiger partial charge in [0.1, 0.15) is 6.04 Å². The van der Waals surface area contributed by atoms with Gasteiger partial charge in [-0.05, 0) is 12.8 Å². The largest absolute Gasteiger partial charge is 0.480 e. The Balaban J connectivity index is 0. The molecule has 0 saturated carbocycles. The minimum atomic E-state index is -1.00. The van der Waals surface area contributed by atoms with Crippen LogP contribution >= 0.6 is 0 Å². The minimum Gasteiger partial charge on any atom is -0.480 e. The maximum Gasteiger partial charge on any atom is 0.320 e. The molecule has 0 unspecified atom stereocenters. The number of carboxylic acid groups (broad SMARTS) is 1. The highest BCUT2D eigenvalue weighted by Gasteiger charge is 2.09. The summed E-state index contributed by atoms with van der Waals surface area (Å²) in [5.41, 5.74) is 15.3. The molecule has 7 nitrogen and oxygen atoms in total. The van der Waals surface area contributed by atoms with Crippen LogP contribution in [0.25, 0.3) is 0 Å². The number of hydrogen-bond donors (Lipinski definition) is 4. The summed E-state index contributed by atoms with van der Waals surface area (Å²) in [4.78, 5) is 13.9. The summed E-state index contributed by atoms with van der Waals surface area (Å²) in [5, 5.41) is 16.0. The van der Waals surface area contributed by atoms with Gasteiger partial charge in [0.2, 0.25) is 0 Å². The Hall–Kier alpha value is -1.81. The van der Waals surface area contributed by atoms with E-state index in [2.05, 4.69) is 4.99 Å². The molecule has 0 aliphatic carbocycles. The molecule has 0 bridgehead atoms. The highest BCUT2D eigenvalue weighted by molar-refractivity contribution is 5.75. The lowest BCUT2D eigenvalue weighted by Gasteiger charge is -2.03. The fourth-order valence-corrected chi connectivity index (χ4v) is 0.643. The average molecular weight is 229 g/mol. The molecular formula is C9H19N5O2. The summed E-state index contributed by atoms with van der Waals surface area (Å²) in [6, 6.07) is 1.11. The summed E-state index contributed by atoms with van der Waals surface area (Å²) in [6.45, 7) is 2.24. The molecular weight excluding hydrogens is 210 g/mol. The molecule has 0 rings (SSSR count). The first-order valence-electron chi connectivity index (χ1n) is 4.86. The zero-order valence-electron chi connectivity index (χ0n) is 9.39. The lowest BCUT2D eigenvalue weighted by atomic mass is 10.2. The third kappa shape index (κ3) is 14.7. The quantitative estimate of drug-likeness (QED) is 0.280. The molecule has 0 spiro atoms. The second-order valence-corrected chi connectivity index (χ2v) is 2.91. The highest BCUT2D eigenvalue weighted by atomic mass is 16.4. The van der Waals surface area contributed by atoms with Crippen molar-refractivity contribution in [1.29, 1.82) is 5.26 Å². The van der Waals surface area contributed by atoms with Crippen molar-refractivity contribution >= 4 is 11.9 Å². The van der Waals surface area contributed by atoms with E-state index >= 15 is 0 Å². The van der Waals surface area contributed by atoms with Crippen LogP contribution < -0.4 is 17.2 Å². The molecule has 0 aromatic rings. The Kier molecular flexibility index (Phi) is 11.7. The summed E-state index contributed by atoms with van der Waals surface area (Å²) in [6.07, 6.45) is 1.58. The number of rotatable bonds is 5. The van der Waals surface area contributed by atoms with E-state index in [9.17, 15) is 4.79 Å². The lowest BCUT2D eigenvalue weighted by molar-refractivity contribution is -0.138. The maximum atomic E-state index is 10.2. The Bertz CT molecular complexity index is 255. The molecule has 0 aliphatic rings. The van der Waals surface area contributed by atoms with Gasteiger partial charge in [0.05, 0.1) is 6.07 Å². The number of nitrogens with zero attached hydrogens (tertiary/aromatic N) is 2. The van der Waals surface area contributed by atoms with Crippen molar-refractivity contribution in [3.8, 4) is 6.07 Å². The molecule has 0 aromatic carbocycles. The van der Waals surface area contributed by atoms with E-state index in [0.717, 1.165) is 0 Å². The molecule has 92 valence electrons. The Morgan fingerprint density at radius 1 is 1.56 bits per heavy atom. The van der Waals surface area contributed by atoms with E-state index in [1.807, 2.05) is 13.0 Å². The zero-order chi connectivity index (χ0) is 13.0. The van der Waals surface area contributed by atoms with E-state index in [1.165, 1.54) is 0 Å². The number of nitriles is 1. The molecule has 0 amide bonds. The fourth-order valence-electron chi connectivity index (χ4n) is 0.643. The second kappa shape index (κ2) is 11.3. The van der Waals surface area contributed by atoms with Gasteiger partial charge in [-0.3, -0.25) is 9.79 Å². The summed E-state index contributed by atoms with van der Waals surface area (Å²) >= 11 is 0. The van der Waals surface area contributed by atoms with Crippen LogP contribution in [0.15, 0.2) is 4.99 Å². The van der Waals surface area contributed by atoms with E-state index in [-0.39, 0.29) is 5.96 Å². The smallest absolute Gasteiger partial charge is 0.320 e. The molecule has 0 saturated heterocycles. The number of nitrogens with two attached hydrogens (primary N) is 3. The van der Waals surface area contributed by atoms with E-state index in [4.69, 9.17) is 27.6 Å². The topological polar surface area (TPSA) is 152 Å². The SMILES string of the molecule is CCC#N.NC(N)=NCCC[C@H](N)C(=O)O. The van der Waals surface area contributed by atoms with E-state index < -0.39 is 12.0 Å². The Labute approximate surface area is 94.9 Å². The predicted octanol–water partition coefficient (Wildman–Crippen LogP) is -0.628. The predicted molar refractivity (Wildman–Crippen MR) is 61.4 cm³/mol. The third-order valence-corrected chi connectivity index (χ3v) is 1.44. The Morgan fingerprint density at radius 2 is 2.06 bits per heavy atom. The molecule has 0 heterocycles. The van der Waals surface area contributed by atoms with E-state index in [1.54, 1.807) is 0 Å². The number of guanidine groups is 1. The zero-order valence-corrected chi connectivity index (χ0v) is 9.39. The molecule has 0 aromatic heterocycles. The van der Waals surface area contributed by atoms with Crippen molar-refractivity contribution in [2.45, 2.75) is 32.2 Å². The van der Waals surface area contributed by atoms with Gasteiger partial charge in [-0.1, -0.05) is 6.92 Å². The van der Waals surface area contributed by atoms with Crippen LogP contribution in [-0.4, -0.2) is 29.6 Å². The summed E-state index contributed by atoms with van der Waals surface area (Å²) < 4.78 is 0. The van der Waals surface area contributed by atoms with Gasteiger partial charge in [0, 0.05) is 13.0 Å². The van der Waals surface area contributed by atoms with Crippen LogP contribution in [0.4, 0.5) is 0 Å². The first-order chi connectivity index (χ1) is 7.45. The third-order valence-electron chi connectivity index (χ3n) is 1.44. The van der Waals surface area contributed by atoms with Gasteiger partial charge in [0.15, 0.2) is 5.96 Å². The Morgan fingerprint density at radius 3 is 2.38 bits per heavy atom. The van der Waals surface area contributed by atoms with Gasteiger partial charge in [0.25, 0.3) is 0 Å². The van der Waals surface area contributed by atoms with Gasteiger partial charge >= 0.3 is 5.97 Å². The highest BCUT2D eigenvalue weighted by Crippen LogP contribution is 1.94. The van der Waals surface area contributed by atoms with Crippen LogP contribution in [0.5, 0.6) is 0 Å². The molecule has 0 aliphatic heterocycles. The van der Waals surface area contributed by atoms with Crippen molar-refractivity contribution in [2.75, 3.05) is 6.54 Å². The van der Waals surface area contributed by atoms with Crippen molar-refractivity contribution < 1.29 is 9.90 Å². The van der Waals surface area contributed by atoms with Gasteiger partial charge < -0.3 is 22.3 Å². The summed E-state index contributed by atoms with van der Waals surface area (Å²) in [5.74, 6) is -0.987. The van der Waals surface area contributed by atoms with Crippen LogP contribution in [0.1, 0.15) is 26.2 Å². The number of carbonyl (C=O) groups is 1. The molecule has 7 heteroatoms. The normalized spacial score (nSPS) is 10.3.